The number of rotatable bonds is 6. The largest absolute Gasteiger partial charge is 0.496 e. The van der Waals surface area contributed by atoms with Crippen LogP contribution in [0.15, 0.2) is 28.9 Å². The Bertz CT molecular complexity index is 568. The smallest absolute Gasteiger partial charge is 0.133 e. The van der Waals surface area contributed by atoms with Crippen molar-refractivity contribution < 1.29 is 4.74 Å². The number of nitrogens with one attached hydrogen (secondary N) is 2. The summed E-state index contributed by atoms with van der Waals surface area (Å²) in [6, 6.07) is 6.01. The minimum absolute atomic E-state index is 0.412. The second kappa shape index (κ2) is 6.90. The molecule has 0 saturated heterocycles. The number of likely N-dealkylation sites (N-methyl/N-ethyl adjacent to an activating group) is 1. The van der Waals surface area contributed by atoms with Crippen LogP contribution in [0, 0.1) is 0 Å². The molecule has 2 N–H and O–H groups in total. The van der Waals surface area contributed by atoms with Gasteiger partial charge < -0.3 is 15.0 Å². The van der Waals surface area contributed by atoms with Crippen LogP contribution in [0.1, 0.15) is 25.1 Å². The van der Waals surface area contributed by atoms with Crippen LogP contribution < -0.4 is 10.1 Å². The highest BCUT2D eigenvalue weighted by Gasteiger charge is 2.13. The maximum absolute atomic E-state index is 5.25. The standard InChI is InChI=1S/C15H20BrN3O/c1-4-10(8-17-2)15-18-9-13(19-15)11-5-6-14(20-3)12(16)7-11/h5-7,9-10,17H,4,8H2,1-3H3,(H,18,19). The molecular formula is C15H20BrN3O. The molecule has 108 valence electrons. The molecule has 2 rings (SSSR count). The van der Waals surface area contributed by atoms with Gasteiger partial charge >= 0.3 is 0 Å². The third-order valence-corrected chi connectivity index (χ3v) is 4.01. The van der Waals surface area contributed by atoms with E-state index in [4.69, 9.17) is 4.74 Å². The number of hydrogen-bond donors (Lipinski definition) is 2. The molecule has 4 nitrogen and oxygen atoms in total. The summed E-state index contributed by atoms with van der Waals surface area (Å²) < 4.78 is 6.19. The van der Waals surface area contributed by atoms with Gasteiger partial charge in [-0.05, 0) is 47.6 Å². The zero-order chi connectivity index (χ0) is 14.5. The molecule has 0 bridgehead atoms. The summed E-state index contributed by atoms with van der Waals surface area (Å²) in [5.74, 6) is 2.27. The van der Waals surface area contributed by atoms with Crippen molar-refractivity contribution in [2.75, 3.05) is 20.7 Å². The Hall–Kier alpha value is -1.33. The van der Waals surface area contributed by atoms with E-state index in [0.29, 0.717) is 5.92 Å². The molecule has 1 aromatic heterocycles. The number of benzene rings is 1. The molecule has 0 radical (unpaired) electrons. The van der Waals surface area contributed by atoms with Gasteiger partial charge in [0.05, 0.1) is 23.5 Å². The lowest BCUT2D eigenvalue weighted by Crippen LogP contribution is -2.17. The number of nitrogens with zero attached hydrogens (tertiary/aromatic N) is 1. The average molecular weight is 338 g/mol. The molecular weight excluding hydrogens is 318 g/mol. The zero-order valence-electron chi connectivity index (χ0n) is 12.0. The van der Waals surface area contributed by atoms with Crippen LogP contribution in [-0.2, 0) is 0 Å². The first-order valence-electron chi connectivity index (χ1n) is 6.73. The van der Waals surface area contributed by atoms with Gasteiger partial charge in [0.2, 0.25) is 0 Å². The summed E-state index contributed by atoms with van der Waals surface area (Å²) in [4.78, 5) is 7.93. The molecule has 1 atom stereocenters. The molecule has 0 aliphatic rings. The van der Waals surface area contributed by atoms with E-state index in [1.807, 2.05) is 31.4 Å². The number of imidazole rings is 1. The molecule has 20 heavy (non-hydrogen) atoms. The minimum atomic E-state index is 0.412. The lowest BCUT2D eigenvalue weighted by atomic mass is 10.1. The Balaban J connectivity index is 2.26. The van der Waals surface area contributed by atoms with Gasteiger partial charge in [-0.25, -0.2) is 4.98 Å². The molecule has 1 aromatic carbocycles. The van der Waals surface area contributed by atoms with Crippen LogP contribution in [0.2, 0.25) is 0 Å². The highest BCUT2D eigenvalue weighted by molar-refractivity contribution is 9.10. The number of H-pyrrole nitrogens is 1. The molecule has 1 heterocycles. The summed E-state index contributed by atoms with van der Waals surface area (Å²) in [7, 11) is 3.63. The Morgan fingerprint density at radius 1 is 1.45 bits per heavy atom. The summed E-state index contributed by atoms with van der Waals surface area (Å²) >= 11 is 3.51. The first-order chi connectivity index (χ1) is 9.69. The predicted molar refractivity (Wildman–Crippen MR) is 85.2 cm³/mol. The third kappa shape index (κ3) is 3.22. The fourth-order valence-electron chi connectivity index (χ4n) is 2.21. The lowest BCUT2D eigenvalue weighted by molar-refractivity contribution is 0.412. The highest BCUT2D eigenvalue weighted by Crippen LogP contribution is 2.30. The maximum atomic E-state index is 5.25. The molecule has 5 heteroatoms. The number of ether oxygens (including phenoxy) is 1. The summed E-state index contributed by atoms with van der Waals surface area (Å²) in [5.41, 5.74) is 2.12. The first-order valence-corrected chi connectivity index (χ1v) is 7.52. The van der Waals surface area contributed by atoms with Gasteiger partial charge in [-0.1, -0.05) is 6.92 Å². The monoisotopic (exact) mass is 337 g/mol. The third-order valence-electron chi connectivity index (χ3n) is 3.39. The minimum Gasteiger partial charge on any atom is -0.496 e. The number of methoxy groups -OCH3 is 1. The Morgan fingerprint density at radius 3 is 2.85 bits per heavy atom. The Kier molecular flexibility index (Phi) is 5.20. The van der Waals surface area contributed by atoms with Crippen molar-refractivity contribution in [3.8, 4) is 17.0 Å². The van der Waals surface area contributed by atoms with Gasteiger partial charge in [-0.3, -0.25) is 0 Å². The summed E-state index contributed by atoms with van der Waals surface area (Å²) in [6.07, 6.45) is 2.95. The van der Waals surface area contributed by atoms with Crippen molar-refractivity contribution in [3.63, 3.8) is 0 Å². The van der Waals surface area contributed by atoms with Crippen molar-refractivity contribution in [1.82, 2.24) is 15.3 Å². The van der Waals surface area contributed by atoms with E-state index >= 15 is 0 Å². The van der Waals surface area contributed by atoms with Crippen molar-refractivity contribution in [2.45, 2.75) is 19.3 Å². The van der Waals surface area contributed by atoms with Crippen LogP contribution in [-0.4, -0.2) is 30.7 Å². The van der Waals surface area contributed by atoms with Crippen molar-refractivity contribution in [1.29, 1.82) is 0 Å². The second-order valence-electron chi connectivity index (χ2n) is 4.69. The molecule has 1 unspecified atom stereocenters. The van der Waals surface area contributed by atoms with Crippen LogP contribution in [0.3, 0.4) is 0 Å². The lowest BCUT2D eigenvalue weighted by Gasteiger charge is -2.11. The zero-order valence-corrected chi connectivity index (χ0v) is 13.6. The molecule has 0 aliphatic carbocycles. The SMILES string of the molecule is CCC(CNC)c1ncc(-c2ccc(OC)c(Br)c2)[nH]1. The number of aromatic amines is 1. The van der Waals surface area contributed by atoms with Crippen molar-refractivity contribution in [2.24, 2.45) is 0 Å². The number of aromatic nitrogens is 2. The fourth-order valence-corrected chi connectivity index (χ4v) is 2.75. The van der Waals surface area contributed by atoms with Crippen molar-refractivity contribution >= 4 is 15.9 Å². The number of halogens is 1. The van der Waals surface area contributed by atoms with E-state index in [1.54, 1.807) is 7.11 Å². The van der Waals surface area contributed by atoms with Crippen LogP contribution in [0.5, 0.6) is 5.75 Å². The fraction of sp³-hybridized carbons (Fsp3) is 0.400. The van der Waals surface area contributed by atoms with E-state index < -0.39 is 0 Å². The molecule has 0 amide bonds. The van der Waals surface area contributed by atoms with E-state index in [0.717, 1.165) is 40.3 Å². The molecule has 0 fully saturated rings. The van der Waals surface area contributed by atoms with Crippen LogP contribution >= 0.6 is 15.9 Å². The Labute approximate surface area is 128 Å². The molecule has 2 aromatic rings. The predicted octanol–water partition coefficient (Wildman–Crippen LogP) is 3.56. The normalized spacial score (nSPS) is 12.4. The van der Waals surface area contributed by atoms with Gasteiger partial charge in [-0.2, -0.15) is 0 Å². The summed E-state index contributed by atoms with van der Waals surface area (Å²) in [6.45, 7) is 3.10. The van der Waals surface area contributed by atoms with Gasteiger partial charge in [0.25, 0.3) is 0 Å². The van der Waals surface area contributed by atoms with Gasteiger partial charge in [0.15, 0.2) is 0 Å². The van der Waals surface area contributed by atoms with Gasteiger partial charge in [0, 0.05) is 18.0 Å². The van der Waals surface area contributed by atoms with Gasteiger partial charge in [-0.15, -0.1) is 0 Å². The van der Waals surface area contributed by atoms with E-state index in [1.165, 1.54) is 0 Å². The molecule has 0 spiro atoms. The molecule has 0 aliphatic heterocycles. The Morgan fingerprint density at radius 2 is 2.25 bits per heavy atom. The van der Waals surface area contributed by atoms with Crippen LogP contribution in [0.4, 0.5) is 0 Å². The van der Waals surface area contributed by atoms with E-state index in [9.17, 15) is 0 Å². The summed E-state index contributed by atoms with van der Waals surface area (Å²) in [5, 5.41) is 3.21. The number of hydrogen-bond acceptors (Lipinski definition) is 3. The molecule has 0 saturated carbocycles. The van der Waals surface area contributed by atoms with Crippen LogP contribution in [0.25, 0.3) is 11.3 Å². The van der Waals surface area contributed by atoms with Crippen molar-refractivity contribution in [3.05, 3.63) is 34.7 Å². The average Bonchev–Trinajstić information content (AvgIpc) is 2.94. The maximum Gasteiger partial charge on any atom is 0.133 e. The second-order valence-corrected chi connectivity index (χ2v) is 5.55. The quantitative estimate of drug-likeness (QED) is 0.847. The first kappa shape index (κ1) is 15.1. The van der Waals surface area contributed by atoms with E-state index in [-0.39, 0.29) is 0 Å². The van der Waals surface area contributed by atoms with E-state index in [2.05, 4.69) is 38.1 Å². The topological polar surface area (TPSA) is 49.9 Å². The van der Waals surface area contributed by atoms with Gasteiger partial charge in [0.1, 0.15) is 11.6 Å². The highest BCUT2D eigenvalue weighted by atomic mass is 79.9.